The lowest BCUT2D eigenvalue weighted by molar-refractivity contribution is 0.648. The molecule has 3 rings (SSSR count). The van der Waals surface area contributed by atoms with Gasteiger partial charge in [0.25, 0.3) is 0 Å². The first-order chi connectivity index (χ1) is 9.47. The van der Waals surface area contributed by atoms with Crippen molar-refractivity contribution in [1.82, 2.24) is 9.55 Å². The van der Waals surface area contributed by atoms with Crippen LogP contribution in [0, 0.1) is 18.6 Å². The van der Waals surface area contributed by atoms with Crippen LogP contribution in [0.4, 0.5) is 0 Å². The summed E-state index contributed by atoms with van der Waals surface area (Å²) < 4.78 is 4.04. The summed E-state index contributed by atoms with van der Waals surface area (Å²) in [6, 6.07) is 8.71. The van der Waals surface area contributed by atoms with Crippen molar-refractivity contribution in [3.63, 3.8) is 0 Å². The van der Waals surface area contributed by atoms with E-state index in [1.807, 2.05) is 17.4 Å². The third-order valence-corrected chi connectivity index (χ3v) is 5.37. The third kappa shape index (κ3) is 2.28. The van der Waals surface area contributed by atoms with Crippen LogP contribution < -0.4 is 0 Å². The molecule has 1 N–H and O–H groups in total. The van der Waals surface area contributed by atoms with Crippen molar-refractivity contribution >= 4 is 50.5 Å². The van der Waals surface area contributed by atoms with Crippen LogP contribution in [-0.2, 0) is 0 Å². The zero-order chi connectivity index (χ0) is 14.4. The Balaban J connectivity index is 2.23. The average molecular weight is 367 g/mol. The van der Waals surface area contributed by atoms with Gasteiger partial charge in [0.1, 0.15) is 0 Å². The summed E-state index contributed by atoms with van der Waals surface area (Å²) in [5.74, 6) is 0. The number of aromatic nitrogens is 2. The number of aromatic amines is 1. The van der Waals surface area contributed by atoms with Gasteiger partial charge >= 0.3 is 0 Å². The lowest BCUT2D eigenvalue weighted by Gasteiger charge is -2.15. The van der Waals surface area contributed by atoms with Crippen molar-refractivity contribution in [3.05, 3.63) is 48.8 Å². The molecule has 0 radical (unpaired) electrons. The van der Waals surface area contributed by atoms with Gasteiger partial charge in [0, 0.05) is 14.2 Å². The van der Waals surface area contributed by atoms with E-state index < -0.39 is 0 Å². The van der Waals surface area contributed by atoms with Gasteiger partial charge in [0.15, 0.2) is 4.77 Å². The molecule has 0 amide bonds. The molecule has 1 atom stereocenters. The molecule has 2 aromatic heterocycles. The molecule has 2 heterocycles. The predicted molar refractivity (Wildman–Crippen MR) is 92.4 cm³/mol. The molecule has 0 fully saturated rings. The van der Waals surface area contributed by atoms with Gasteiger partial charge in [0.2, 0.25) is 0 Å². The van der Waals surface area contributed by atoms with Crippen molar-refractivity contribution in [2.45, 2.75) is 26.8 Å². The molecule has 0 bridgehead atoms. The Labute approximate surface area is 135 Å². The molecule has 0 saturated heterocycles. The predicted octanol–water partition coefficient (Wildman–Crippen LogP) is 5.75. The summed E-state index contributed by atoms with van der Waals surface area (Å²) in [7, 11) is 0. The standard InChI is InChI=1S/C15H15BrN2S2/c1-8-6-12(10(3)20-8)9(2)18-14-7-11(16)4-5-13(14)17-15(18)19/h4-7,9H,1-3H3,(H,17,19). The first kappa shape index (κ1) is 14.0. The van der Waals surface area contributed by atoms with Gasteiger partial charge in [-0.3, -0.25) is 0 Å². The smallest absolute Gasteiger partial charge is 0.178 e. The maximum Gasteiger partial charge on any atom is 0.178 e. The summed E-state index contributed by atoms with van der Waals surface area (Å²) in [5, 5.41) is 0. The number of rotatable bonds is 2. The summed E-state index contributed by atoms with van der Waals surface area (Å²) in [6.07, 6.45) is 0. The van der Waals surface area contributed by atoms with E-state index >= 15 is 0 Å². The molecular formula is C15H15BrN2S2. The van der Waals surface area contributed by atoms with Crippen LogP contribution in [0.15, 0.2) is 28.7 Å². The summed E-state index contributed by atoms with van der Waals surface area (Å²) in [4.78, 5) is 6.00. The lowest BCUT2D eigenvalue weighted by atomic mass is 10.1. The molecule has 1 unspecified atom stereocenters. The molecule has 1 aromatic carbocycles. The molecule has 0 spiro atoms. The van der Waals surface area contributed by atoms with Crippen molar-refractivity contribution in [1.29, 1.82) is 0 Å². The quantitative estimate of drug-likeness (QED) is 0.572. The SMILES string of the molecule is Cc1cc(C(C)n2c(=S)[nH]c3ccc(Br)cc32)c(C)s1. The maximum absolute atomic E-state index is 5.52. The molecule has 3 aromatic rings. The largest absolute Gasteiger partial charge is 0.331 e. The second kappa shape index (κ2) is 5.13. The van der Waals surface area contributed by atoms with Crippen LogP contribution in [0.5, 0.6) is 0 Å². The highest BCUT2D eigenvalue weighted by molar-refractivity contribution is 9.10. The van der Waals surface area contributed by atoms with Crippen LogP contribution in [0.25, 0.3) is 11.0 Å². The molecule has 104 valence electrons. The Morgan fingerprint density at radius 1 is 1.30 bits per heavy atom. The molecule has 5 heteroatoms. The van der Waals surface area contributed by atoms with Crippen molar-refractivity contribution < 1.29 is 0 Å². The maximum atomic E-state index is 5.52. The third-order valence-electron chi connectivity index (χ3n) is 3.60. The van der Waals surface area contributed by atoms with Crippen LogP contribution in [0.2, 0.25) is 0 Å². The monoisotopic (exact) mass is 366 g/mol. The number of hydrogen-bond acceptors (Lipinski definition) is 2. The topological polar surface area (TPSA) is 20.7 Å². The Morgan fingerprint density at radius 2 is 2.05 bits per heavy atom. The van der Waals surface area contributed by atoms with Gasteiger partial charge in [0.05, 0.1) is 17.1 Å². The van der Waals surface area contributed by atoms with Gasteiger partial charge in [-0.15, -0.1) is 11.3 Å². The molecule has 0 saturated carbocycles. The van der Waals surface area contributed by atoms with Gasteiger partial charge in [-0.25, -0.2) is 0 Å². The minimum absolute atomic E-state index is 0.232. The molecule has 0 aliphatic carbocycles. The van der Waals surface area contributed by atoms with Gasteiger partial charge in [-0.2, -0.15) is 0 Å². The van der Waals surface area contributed by atoms with Crippen LogP contribution >= 0.6 is 39.5 Å². The minimum Gasteiger partial charge on any atom is -0.331 e. The van der Waals surface area contributed by atoms with E-state index in [4.69, 9.17) is 12.2 Å². The van der Waals surface area contributed by atoms with Crippen LogP contribution in [0.3, 0.4) is 0 Å². The highest BCUT2D eigenvalue weighted by Gasteiger charge is 2.16. The zero-order valence-corrected chi connectivity index (χ0v) is 14.7. The number of fused-ring (bicyclic) bond motifs is 1. The summed E-state index contributed by atoms with van der Waals surface area (Å²) in [5.41, 5.74) is 3.57. The average Bonchev–Trinajstić information content (AvgIpc) is 2.87. The zero-order valence-electron chi connectivity index (χ0n) is 11.5. The molecule has 0 aliphatic rings. The fourth-order valence-corrected chi connectivity index (χ4v) is 4.42. The molecule has 20 heavy (non-hydrogen) atoms. The van der Waals surface area contributed by atoms with Crippen molar-refractivity contribution in [3.8, 4) is 0 Å². The number of H-pyrrole nitrogens is 1. The van der Waals surface area contributed by atoms with E-state index in [1.165, 1.54) is 15.3 Å². The second-order valence-electron chi connectivity index (χ2n) is 5.01. The number of thiophene rings is 1. The highest BCUT2D eigenvalue weighted by Crippen LogP contribution is 2.31. The van der Waals surface area contributed by atoms with Crippen molar-refractivity contribution in [2.24, 2.45) is 0 Å². The van der Waals surface area contributed by atoms with E-state index in [0.717, 1.165) is 20.3 Å². The van der Waals surface area contributed by atoms with E-state index in [0.29, 0.717) is 0 Å². The lowest BCUT2D eigenvalue weighted by Crippen LogP contribution is -2.06. The van der Waals surface area contributed by atoms with Crippen LogP contribution in [0.1, 0.15) is 28.3 Å². The first-order valence-electron chi connectivity index (χ1n) is 6.44. The normalized spacial score (nSPS) is 13.0. The van der Waals surface area contributed by atoms with E-state index in [9.17, 15) is 0 Å². The van der Waals surface area contributed by atoms with Gasteiger partial charge in [-0.1, -0.05) is 15.9 Å². The number of imidazole rings is 1. The van der Waals surface area contributed by atoms with Gasteiger partial charge < -0.3 is 9.55 Å². The minimum atomic E-state index is 0.232. The number of nitrogens with zero attached hydrogens (tertiary/aromatic N) is 1. The number of hydrogen-bond donors (Lipinski definition) is 1. The van der Waals surface area contributed by atoms with E-state index in [-0.39, 0.29) is 6.04 Å². The van der Waals surface area contributed by atoms with E-state index in [2.05, 4.69) is 64.5 Å². The number of halogens is 1. The van der Waals surface area contributed by atoms with Crippen LogP contribution in [-0.4, -0.2) is 9.55 Å². The number of nitrogens with one attached hydrogen (secondary N) is 1. The molecule has 2 nitrogen and oxygen atoms in total. The summed E-state index contributed by atoms with van der Waals surface area (Å²) in [6.45, 7) is 6.54. The summed E-state index contributed by atoms with van der Waals surface area (Å²) >= 11 is 10.9. The second-order valence-corrected chi connectivity index (χ2v) is 7.77. The number of aryl methyl sites for hydroxylation is 2. The Morgan fingerprint density at radius 3 is 2.70 bits per heavy atom. The Hall–Kier alpha value is -0.910. The van der Waals surface area contributed by atoms with Gasteiger partial charge in [-0.05, 0) is 62.8 Å². The Kier molecular flexibility index (Phi) is 3.60. The first-order valence-corrected chi connectivity index (χ1v) is 8.46. The fraction of sp³-hybridized carbons (Fsp3) is 0.267. The number of benzene rings is 1. The van der Waals surface area contributed by atoms with Crippen molar-refractivity contribution in [2.75, 3.05) is 0 Å². The van der Waals surface area contributed by atoms with E-state index in [1.54, 1.807) is 0 Å². The fourth-order valence-electron chi connectivity index (χ4n) is 2.68. The molecular weight excluding hydrogens is 352 g/mol. The Bertz CT molecular complexity index is 841. The highest BCUT2D eigenvalue weighted by atomic mass is 79.9. The molecule has 0 aliphatic heterocycles.